The van der Waals surface area contributed by atoms with Crippen LogP contribution in [0.15, 0.2) is 103 Å². The summed E-state index contributed by atoms with van der Waals surface area (Å²) in [7, 11) is 0. The maximum Gasteiger partial charge on any atom is 0.325 e. The number of anilines is 1. The molecule has 6 aliphatic heterocycles. The van der Waals surface area contributed by atoms with Gasteiger partial charge in [0.25, 0.3) is 0 Å². The molecule has 0 spiro atoms. The van der Waals surface area contributed by atoms with Crippen LogP contribution in [-0.4, -0.2) is 150 Å². The highest BCUT2D eigenvalue weighted by Gasteiger charge is 2.51. The molecule has 16 N–H and O–H groups in total. The standard InChI is InChI=1S/C83H93Cl2N7O22/c1-5-17-110-49-12-10-47(11-13-49)87-83(109)88-66(99)30-46-27-58(96)70(91-78(105)39(6-2)18-36(3)4)72(100)41-8-15-61(54(84)25-41)111-63-28-45-29-64(77(63)114-82-76(104)75(103)74(102)65(35-86)113-82)112-62-16-9-42(26-55(62)85)73(101)71-81(108)90-69(60(98)33-50-43-20-37-19-38(22-43)23-44(50)21-37)53-31-48(93)32-57(95)67(53)52-24-40(7-14-56(52)94)51(80(107)92-71)34-59(97)68(45)89-79(46)106/h7-16,24-26,28-29,31-32,36-39,43-44,46,50-51,65,68-76,82,93-95,100-104H,5-6,17-23,27,30,33-35,86H2,1-4H3,(H,89,106)(H,90,108)(H,91,105)(H,92,107)(H2,87,88,99,109)/t37?,38?,39-,43?,44?,46+,50?,51-,65-,68?,69+,70+,71+,72-,73-,74-,75+,76-,82+/m1/s1. The number of phenols is 3. The molecule has 1 unspecified atom stereocenters. The van der Waals surface area contributed by atoms with E-state index in [2.05, 4.69) is 31.9 Å². The van der Waals surface area contributed by atoms with Crippen LogP contribution >= 0.6 is 23.2 Å². The minimum Gasteiger partial charge on any atom is -0.508 e. The number of nitrogens with two attached hydrogens (primary N) is 1. The number of hydrogen-bond donors (Lipinski definition) is 15. The molecular weight excluding hydrogens is 1520 g/mol. The zero-order chi connectivity index (χ0) is 81.4. The van der Waals surface area contributed by atoms with E-state index in [9.17, 15) is 55.2 Å². The zero-order valence-corrected chi connectivity index (χ0v) is 64.4. The van der Waals surface area contributed by atoms with Crippen molar-refractivity contribution in [3.63, 3.8) is 0 Å². The fourth-order valence-corrected chi connectivity index (χ4v) is 17.9. The molecule has 6 aromatic carbocycles. The Kier molecular flexibility index (Phi) is 24.9. The predicted molar refractivity (Wildman–Crippen MR) is 411 cm³/mol. The van der Waals surface area contributed by atoms with E-state index < -0.39 is 198 Å². The van der Waals surface area contributed by atoms with Crippen molar-refractivity contribution >= 4 is 81.8 Å². The van der Waals surface area contributed by atoms with Gasteiger partial charge >= 0.3 is 6.03 Å². The van der Waals surface area contributed by atoms with Gasteiger partial charge in [-0.05, 0) is 194 Å². The van der Waals surface area contributed by atoms with Gasteiger partial charge in [0.15, 0.2) is 28.8 Å². The number of imide groups is 1. The Morgan fingerprint density at radius 1 is 0.649 bits per heavy atom. The molecule has 1 saturated heterocycles. The first kappa shape index (κ1) is 82.0. The molecule has 6 aromatic rings. The highest BCUT2D eigenvalue weighted by molar-refractivity contribution is 6.32. The molecule has 4 saturated carbocycles. The average Bonchev–Trinajstić information content (AvgIpc) is 0.759. The van der Waals surface area contributed by atoms with E-state index in [-0.39, 0.29) is 103 Å². The van der Waals surface area contributed by atoms with Gasteiger partial charge in [0, 0.05) is 61.0 Å². The first-order valence-corrected chi connectivity index (χ1v) is 39.3. The number of urea groups is 1. The number of carbonyl (C=O) groups excluding carboxylic acids is 9. The summed E-state index contributed by atoms with van der Waals surface area (Å²) in [4.78, 5) is 138. The molecule has 10 aliphatic rings. The Labute approximate surface area is 665 Å². The third kappa shape index (κ3) is 17.6. The second-order valence-electron chi connectivity index (χ2n) is 31.4. The van der Waals surface area contributed by atoms with Gasteiger partial charge < -0.3 is 96.9 Å². The van der Waals surface area contributed by atoms with Crippen LogP contribution in [0.4, 0.5) is 10.5 Å². The third-order valence-electron chi connectivity index (χ3n) is 23.0. The van der Waals surface area contributed by atoms with E-state index in [1.165, 1.54) is 60.7 Å². The number of aromatic hydroxyl groups is 3. The largest absolute Gasteiger partial charge is 0.508 e. The predicted octanol–water partition coefficient (Wildman–Crippen LogP) is 8.85. The Morgan fingerprint density at radius 2 is 1.29 bits per heavy atom. The number of benzene rings is 6. The van der Waals surface area contributed by atoms with Gasteiger partial charge in [-0.25, -0.2) is 4.79 Å². The molecule has 5 fully saturated rings. The summed E-state index contributed by atoms with van der Waals surface area (Å²) in [5, 5.41) is 110. The number of hydrogen-bond acceptors (Lipinski definition) is 23. The quantitative estimate of drug-likeness (QED) is 0.0405. The number of fused-ring (bicyclic) bond motifs is 15. The molecule has 4 aliphatic carbocycles. The normalized spacial score (nSPS) is 28.2. The van der Waals surface area contributed by atoms with E-state index in [4.69, 9.17) is 52.6 Å². The Bertz CT molecular complexity index is 4690. The molecular formula is C83H93Cl2N7O22. The van der Waals surface area contributed by atoms with Gasteiger partial charge in [-0.2, -0.15) is 0 Å². The van der Waals surface area contributed by atoms with Crippen LogP contribution in [0, 0.1) is 47.3 Å². The van der Waals surface area contributed by atoms with Crippen LogP contribution in [-0.2, 0) is 43.1 Å². The number of halogens is 2. The molecule has 0 aromatic heterocycles. The highest BCUT2D eigenvalue weighted by Crippen LogP contribution is 2.58. The molecule has 14 atom stereocenters. The summed E-state index contributed by atoms with van der Waals surface area (Å²) in [6.45, 7) is 7.39. The topological polar surface area (TPSA) is 460 Å². The fraction of sp³-hybridized carbons (Fsp3) is 0.458. The number of ether oxygens (including phenoxy) is 5. The Balaban J connectivity index is 0.991. The molecule has 606 valence electrons. The summed E-state index contributed by atoms with van der Waals surface area (Å²) in [6, 6.07) is 12.3. The van der Waals surface area contributed by atoms with Crippen LogP contribution < -0.4 is 56.6 Å². The van der Waals surface area contributed by atoms with Crippen molar-refractivity contribution in [2.75, 3.05) is 18.5 Å². The minimum absolute atomic E-state index is 0.0339. The lowest BCUT2D eigenvalue weighted by atomic mass is 9.51. The minimum atomic E-state index is -2.21. The summed E-state index contributed by atoms with van der Waals surface area (Å²) < 4.78 is 31.4. The van der Waals surface area contributed by atoms with Crippen molar-refractivity contribution in [2.45, 2.75) is 178 Å². The first-order chi connectivity index (χ1) is 54.4. The van der Waals surface area contributed by atoms with Gasteiger partial charge in [-0.1, -0.05) is 69.1 Å². The van der Waals surface area contributed by atoms with Crippen molar-refractivity contribution < 1.29 is 108 Å². The summed E-state index contributed by atoms with van der Waals surface area (Å²) in [5.74, 6) is -15.3. The molecule has 0 radical (unpaired) electrons. The molecule has 31 heteroatoms. The second kappa shape index (κ2) is 34.6. The number of carbonyl (C=O) groups is 9. The first-order valence-electron chi connectivity index (χ1n) is 38.5. The third-order valence-corrected chi connectivity index (χ3v) is 23.6. The number of Topliss-reactive ketones (excluding diaryl/α,β-unsaturated/α-hetero) is 3. The van der Waals surface area contributed by atoms with Crippen molar-refractivity contribution in [3.8, 4) is 62.9 Å². The van der Waals surface area contributed by atoms with Gasteiger partial charge in [-0.3, -0.25) is 43.7 Å². The van der Waals surface area contributed by atoms with Crippen molar-refractivity contribution in [3.05, 3.63) is 141 Å². The molecule has 114 heavy (non-hydrogen) atoms. The smallest absolute Gasteiger partial charge is 0.325 e. The summed E-state index contributed by atoms with van der Waals surface area (Å²) >= 11 is 14.3. The maximum absolute atomic E-state index is 16.5. The van der Waals surface area contributed by atoms with Crippen LogP contribution in [0.3, 0.4) is 0 Å². The van der Waals surface area contributed by atoms with Gasteiger partial charge in [0.05, 0.1) is 28.5 Å². The summed E-state index contributed by atoms with van der Waals surface area (Å²) in [6.07, 6.45) is -10.5. The van der Waals surface area contributed by atoms with Crippen molar-refractivity contribution in [1.82, 2.24) is 26.6 Å². The highest BCUT2D eigenvalue weighted by atomic mass is 35.5. The Morgan fingerprint density at radius 3 is 1.90 bits per heavy atom. The molecule has 6 heterocycles. The van der Waals surface area contributed by atoms with Crippen LogP contribution in [0.25, 0.3) is 11.1 Å². The number of phenolic OH excluding ortho intramolecular Hbond substituents is 3. The van der Waals surface area contributed by atoms with Crippen LogP contribution in [0.2, 0.25) is 10.0 Å². The lowest BCUT2D eigenvalue weighted by Gasteiger charge is -2.54. The molecule has 29 nitrogen and oxygen atoms in total. The van der Waals surface area contributed by atoms with E-state index in [1.54, 1.807) is 19.1 Å². The Hall–Kier alpha value is -9.95. The van der Waals surface area contributed by atoms with Crippen LogP contribution in [0.1, 0.15) is 163 Å². The zero-order valence-electron chi connectivity index (χ0n) is 62.9. The number of nitrogens with one attached hydrogen (secondary N) is 6. The number of rotatable bonds is 17. The van der Waals surface area contributed by atoms with E-state index >= 15 is 28.8 Å². The van der Waals surface area contributed by atoms with Gasteiger partial charge in [-0.15, -0.1) is 0 Å². The summed E-state index contributed by atoms with van der Waals surface area (Å²) in [5.41, 5.74) is 4.67. The monoisotopic (exact) mass is 1610 g/mol. The lowest BCUT2D eigenvalue weighted by molar-refractivity contribution is -0.270. The number of aliphatic hydroxyl groups is 5. The van der Waals surface area contributed by atoms with Crippen LogP contribution in [0.5, 0.6) is 51.7 Å². The van der Waals surface area contributed by atoms with Crippen molar-refractivity contribution in [1.29, 1.82) is 0 Å². The number of amides is 7. The van der Waals surface area contributed by atoms with Crippen molar-refractivity contribution in [2.24, 2.45) is 53.1 Å². The number of aliphatic hydroxyl groups excluding tert-OH is 5. The molecule has 16 rings (SSSR count). The van der Waals surface area contributed by atoms with E-state index in [0.29, 0.717) is 37.0 Å². The van der Waals surface area contributed by atoms with Gasteiger partial charge in [0.1, 0.15) is 95.3 Å². The molecule has 15 bridgehead atoms. The van der Waals surface area contributed by atoms with Gasteiger partial charge in [0.2, 0.25) is 41.6 Å². The second-order valence-corrected chi connectivity index (χ2v) is 32.2. The maximum atomic E-state index is 16.5. The SMILES string of the molecule is CCCOc1ccc(NC(=O)NC(=O)C[C@@H]2CC(=O)[C@H](NC(=O)[C@H](CC)CC(C)C)[C@H](O)c3ccc(c(Cl)c3)Oc3cc4cc(c3O[C@@H]3O[C@H](CN)[C@@H](O)[C@H](O)[C@H]3O)Oc3ccc(cc3Cl)[C@@H](O)[C@@H]3NC(=O)[C@H](CC(=O)C4NC2=O)c2ccc(O)c(c2)-c2c(O)cc(O)cc2[C@@H](C(=O)CC2C4CC5CC(C4)CC2C5)NC3=O)cc1. The fourth-order valence-electron chi connectivity index (χ4n) is 17.5. The van der Waals surface area contributed by atoms with E-state index in [0.717, 1.165) is 62.4 Å². The average molecular weight is 1610 g/mol. The lowest BCUT2D eigenvalue weighted by Crippen LogP contribution is -2.60. The molecule has 7 amide bonds. The number of ketones is 3. The van der Waals surface area contributed by atoms with E-state index in [1.807, 2.05) is 20.8 Å².